The van der Waals surface area contributed by atoms with E-state index >= 15 is 0 Å². The van der Waals surface area contributed by atoms with Gasteiger partial charge in [0.2, 0.25) is 5.91 Å². The summed E-state index contributed by atoms with van der Waals surface area (Å²) in [5.74, 6) is -0.00247. The van der Waals surface area contributed by atoms with Crippen LogP contribution in [0.1, 0.15) is 37.1 Å². The number of rotatable bonds is 7. The molecule has 7 nitrogen and oxygen atoms in total. The lowest BCUT2D eigenvalue weighted by Gasteiger charge is -2.33. The maximum atomic E-state index is 14.7. The molecule has 1 aliphatic carbocycles. The second kappa shape index (κ2) is 10.6. The van der Waals surface area contributed by atoms with Gasteiger partial charge in [-0.25, -0.2) is 4.39 Å². The van der Waals surface area contributed by atoms with E-state index in [0.717, 1.165) is 43.6 Å². The molecular formula is C25H30F4N6OS. The molecule has 2 atom stereocenters. The second-order valence-electron chi connectivity index (χ2n) is 9.99. The van der Waals surface area contributed by atoms with Gasteiger partial charge in [-0.3, -0.25) is 4.79 Å². The van der Waals surface area contributed by atoms with Crippen molar-refractivity contribution >= 4 is 33.8 Å². The molecule has 1 saturated carbocycles. The van der Waals surface area contributed by atoms with Crippen LogP contribution in [0.4, 0.5) is 23.2 Å². The van der Waals surface area contributed by atoms with E-state index in [9.17, 15) is 22.4 Å². The molecule has 0 bridgehead atoms. The molecule has 3 aromatic rings. The van der Waals surface area contributed by atoms with Crippen LogP contribution in [0.3, 0.4) is 0 Å². The molecule has 2 fully saturated rings. The van der Waals surface area contributed by atoms with E-state index in [2.05, 4.69) is 20.8 Å². The molecule has 0 spiro atoms. The third-order valence-corrected chi connectivity index (χ3v) is 8.14. The monoisotopic (exact) mass is 538 g/mol. The molecule has 2 N–H and O–H groups in total. The summed E-state index contributed by atoms with van der Waals surface area (Å²) in [6.07, 6.45) is -1.10. The number of likely N-dealkylation sites (tertiary alicyclic amines) is 1. The van der Waals surface area contributed by atoms with Gasteiger partial charge in [0.05, 0.1) is 23.8 Å². The van der Waals surface area contributed by atoms with E-state index in [1.807, 2.05) is 11.9 Å². The maximum absolute atomic E-state index is 14.7. The van der Waals surface area contributed by atoms with Crippen molar-refractivity contribution in [3.05, 3.63) is 29.3 Å². The van der Waals surface area contributed by atoms with Gasteiger partial charge in [-0.15, -0.1) is 10.2 Å². The Hall–Kier alpha value is -2.73. The predicted octanol–water partition coefficient (Wildman–Crippen LogP) is 4.98. The smallest absolute Gasteiger partial charge is 0.379 e. The number of amides is 1. The van der Waals surface area contributed by atoms with Gasteiger partial charge in [0.1, 0.15) is 17.7 Å². The number of alkyl halides is 4. The zero-order valence-corrected chi connectivity index (χ0v) is 21.3. The molecule has 0 unspecified atom stereocenters. The van der Waals surface area contributed by atoms with Gasteiger partial charge in [0, 0.05) is 30.1 Å². The first-order chi connectivity index (χ1) is 17.7. The van der Waals surface area contributed by atoms with Crippen molar-refractivity contribution in [1.82, 2.24) is 25.0 Å². The summed E-state index contributed by atoms with van der Waals surface area (Å²) in [6, 6.07) is 6.30. The number of carbonyl (C=O) groups is 1. The first kappa shape index (κ1) is 25.9. The number of anilines is 1. The number of aromatic nitrogens is 3. The van der Waals surface area contributed by atoms with E-state index in [-0.39, 0.29) is 24.1 Å². The lowest BCUT2D eigenvalue weighted by molar-refractivity contribution is -0.139. The minimum absolute atomic E-state index is 0.0149. The molecule has 3 heterocycles. The number of carbonyl (C=O) groups excluding carboxylic acids is 1. The Kier molecular flexibility index (Phi) is 7.39. The first-order valence-corrected chi connectivity index (χ1v) is 13.4. The van der Waals surface area contributed by atoms with Crippen LogP contribution in [0.2, 0.25) is 0 Å². The number of halogens is 4. The molecule has 200 valence electrons. The average Bonchev–Trinajstić information content (AvgIpc) is 3.59. The number of nitrogens with one attached hydrogen (secondary N) is 2. The van der Waals surface area contributed by atoms with E-state index in [4.69, 9.17) is 0 Å². The van der Waals surface area contributed by atoms with Crippen molar-refractivity contribution in [2.75, 3.05) is 25.5 Å². The van der Waals surface area contributed by atoms with Gasteiger partial charge in [-0.1, -0.05) is 30.2 Å². The van der Waals surface area contributed by atoms with Gasteiger partial charge < -0.3 is 20.1 Å². The van der Waals surface area contributed by atoms with Crippen LogP contribution in [0.25, 0.3) is 21.6 Å². The Morgan fingerprint density at radius 3 is 2.70 bits per heavy atom. The summed E-state index contributed by atoms with van der Waals surface area (Å²) >= 11 is 1.16. The minimum Gasteiger partial charge on any atom is -0.379 e. The number of benzene rings is 1. The molecule has 1 aromatic carbocycles. The van der Waals surface area contributed by atoms with Crippen molar-refractivity contribution in [1.29, 1.82) is 0 Å². The summed E-state index contributed by atoms with van der Waals surface area (Å²) in [7, 11) is 1.86. The van der Waals surface area contributed by atoms with E-state index < -0.39 is 24.9 Å². The number of nitrogens with zero attached hydrogens (tertiary/aromatic N) is 4. The number of hydrogen-bond donors (Lipinski definition) is 2. The lowest BCUT2D eigenvalue weighted by Crippen LogP contribution is -2.46. The Bertz CT molecular complexity index is 1250. The molecule has 12 heteroatoms. The molecule has 1 amide bonds. The van der Waals surface area contributed by atoms with Crippen LogP contribution < -0.4 is 10.6 Å². The standard InChI is InChI=1S/C25H30F4N6OS/c1-34-10-9-19(17(26)13-34)31-18-7-4-8-20-16(18)11-21(35(20)14-25(27,28)29)24-33-32-22(37-24)12-30-23(36)15-5-2-3-6-15/h4,7-8,11,15,17,19,31H,2-3,5-6,9-10,12-14H2,1H3,(H,30,36)/t17-,19+/m1/s1. The van der Waals surface area contributed by atoms with Crippen LogP contribution in [0, 0.1) is 5.92 Å². The van der Waals surface area contributed by atoms with Crippen LogP contribution in [0.5, 0.6) is 0 Å². The molecular weight excluding hydrogens is 508 g/mol. The Labute approximate surface area is 216 Å². The normalized spacial score (nSPS) is 21.5. The van der Waals surface area contributed by atoms with Crippen LogP contribution in [-0.4, -0.2) is 64.1 Å². The molecule has 1 aliphatic heterocycles. The van der Waals surface area contributed by atoms with Crippen LogP contribution in [-0.2, 0) is 17.9 Å². The zero-order valence-electron chi connectivity index (χ0n) is 20.5. The largest absolute Gasteiger partial charge is 0.406 e. The molecule has 0 radical (unpaired) electrons. The zero-order chi connectivity index (χ0) is 26.2. The molecule has 1 saturated heterocycles. The molecule has 37 heavy (non-hydrogen) atoms. The lowest BCUT2D eigenvalue weighted by atomic mass is 10.0. The van der Waals surface area contributed by atoms with Gasteiger partial charge in [0.15, 0.2) is 5.01 Å². The first-order valence-electron chi connectivity index (χ1n) is 12.6. The van der Waals surface area contributed by atoms with Crippen LogP contribution >= 0.6 is 11.3 Å². The van der Waals surface area contributed by atoms with Crippen molar-refractivity contribution in [2.24, 2.45) is 5.92 Å². The highest BCUT2D eigenvalue weighted by atomic mass is 32.1. The fourth-order valence-corrected chi connectivity index (χ4v) is 6.08. The topological polar surface area (TPSA) is 75.1 Å². The average molecular weight is 539 g/mol. The van der Waals surface area contributed by atoms with Crippen molar-refractivity contribution < 1.29 is 22.4 Å². The maximum Gasteiger partial charge on any atom is 0.406 e. The highest BCUT2D eigenvalue weighted by molar-refractivity contribution is 7.14. The molecule has 2 aliphatic rings. The van der Waals surface area contributed by atoms with Gasteiger partial charge in [-0.2, -0.15) is 13.2 Å². The van der Waals surface area contributed by atoms with Crippen molar-refractivity contribution in [3.8, 4) is 10.7 Å². The highest BCUT2D eigenvalue weighted by Crippen LogP contribution is 2.37. The van der Waals surface area contributed by atoms with E-state index in [1.54, 1.807) is 24.3 Å². The number of hydrogen-bond acceptors (Lipinski definition) is 6. The van der Waals surface area contributed by atoms with Crippen molar-refractivity contribution in [3.63, 3.8) is 0 Å². The van der Waals surface area contributed by atoms with Crippen LogP contribution in [0.15, 0.2) is 24.3 Å². The fraction of sp³-hybridized carbons (Fsp3) is 0.560. The third-order valence-electron chi connectivity index (χ3n) is 7.19. The predicted molar refractivity (Wildman–Crippen MR) is 135 cm³/mol. The van der Waals surface area contributed by atoms with E-state index in [0.29, 0.717) is 39.6 Å². The number of piperidine rings is 1. The summed E-state index contributed by atoms with van der Waals surface area (Å²) in [5.41, 5.74) is 1.25. The summed E-state index contributed by atoms with van der Waals surface area (Å²) in [6.45, 7) is 0.0357. The summed E-state index contributed by atoms with van der Waals surface area (Å²) in [4.78, 5) is 14.3. The summed E-state index contributed by atoms with van der Waals surface area (Å²) in [5, 5.41) is 15.8. The minimum atomic E-state index is -4.45. The van der Waals surface area contributed by atoms with Gasteiger partial charge in [-0.05, 0) is 44.5 Å². The molecule has 2 aromatic heterocycles. The summed E-state index contributed by atoms with van der Waals surface area (Å²) < 4.78 is 56.7. The highest BCUT2D eigenvalue weighted by Gasteiger charge is 2.32. The third kappa shape index (κ3) is 5.90. The van der Waals surface area contributed by atoms with E-state index in [1.165, 1.54) is 4.57 Å². The Balaban J connectivity index is 1.43. The number of fused-ring (bicyclic) bond motifs is 1. The van der Waals surface area contributed by atoms with Gasteiger partial charge >= 0.3 is 6.18 Å². The quantitative estimate of drug-likeness (QED) is 0.415. The van der Waals surface area contributed by atoms with Gasteiger partial charge in [0.25, 0.3) is 0 Å². The Morgan fingerprint density at radius 2 is 1.97 bits per heavy atom. The molecule has 5 rings (SSSR count). The SMILES string of the molecule is CN1CC[C@H](Nc2cccc3c2cc(-c2nnc(CNC(=O)C4CCCC4)s2)n3CC(F)(F)F)[C@H](F)C1. The Morgan fingerprint density at radius 1 is 1.19 bits per heavy atom. The second-order valence-corrected chi connectivity index (χ2v) is 11.0. The fourth-order valence-electron chi connectivity index (χ4n) is 5.28. The van der Waals surface area contributed by atoms with Crippen molar-refractivity contribution in [2.45, 2.75) is 63.6 Å².